The smallest absolute Gasteiger partial charge is 0.229 e. The summed E-state index contributed by atoms with van der Waals surface area (Å²) >= 11 is 0. The predicted molar refractivity (Wildman–Crippen MR) is 88.3 cm³/mol. The standard InChI is InChI=1S/C18H24N2O3/c1-12(11-23-2)20-10-15(9-17(20)21)18(22)19-16-7-6-13-4-3-5-14(13)8-16/h6-8,12,15H,3-5,9-11H2,1-2H3,(H,19,22)/t12-,15+/m0/s1. The quantitative estimate of drug-likeness (QED) is 0.904. The Morgan fingerprint density at radius 2 is 2.17 bits per heavy atom. The normalized spacial score (nSPS) is 21.4. The van der Waals surface area contributed by atoms with E-state index >= 15 is 0 Å². The van der Waals surface area contributed by atoms with Crippen molar-refractivity contribution in [3.8, 4) is 0 Å². The SMILES string of the molecule is COC[C@H](C)N1C[C@H](C(=O)Nc2ccc3c(c2)CCC3)CC1=O. The molecule has 1 N–H and O–H groups in total. The van der Waals surface area contributed by atoms with Gasteiger partial charge in [0.2, 0.25) is 11.8 Å². The highest BCUT2D eigenvalue weighted by Crippen LogP contribution is 2.26. The van der Waals surface area contributed by atoms with E-state index in [4.69, 9.17) is 4.74 Å². The molecule has 1 aromatic carbocycles. The number of aryl methyl sites for hydroxylation is 2. The molecule has 5 nitrogen and oxygen atoms in total. The molecule has 1 saturated heterocycles. The second-order valence-electron chi connectivity index (χ2n) is 6.58. The number of carbonyl (C=O) groups excluding carboxylic acids is 2. The number of fused-ring (bicyclic) bond motifs is 1. The highest BCUT2D eigenvalue weighted by atomic mass is 16.5. The van der Waals surface area contributed by atoms with Crippen molar-refractivity contribution in [1.29, 1.82) is 0 Å². The minimum absolute atomic E-state index is 0.00490. The van der Waals surface area contributed by atoms with E-state index in [9.17, 15) is 9.59 Å². The van der Waals surface area contributed by atoms with Gasteiger partial charge in [0, 0.05) is 25.8 Å². The van der Waals surface area contributed by atoms with Gasteiger partial charge in [-0.1, -0.05) is 6.07 Å². The first-order valence-electron chi connectivity index (χ1n) is 8.29. The summed E-state index contributed by atoms with van der Waals surface area (Å²) in [5.74, 6) is -0.317. The molecule has 1 aliphatic heterocycles. The first kappa shape index (κ1) is 16.0. The van der Waals surface area contributed by atoms with E-state index in [-0.39, 0.29) is 30.2 Å². The molecule has 0 bridgehead atoms. The summed E-state index contributed by atoms with van der Waals surface area (Å²) < 4.78 is 5.10. The molecule has 2 amide bonds. The highest BCUT2D eigenvalue weighted by molar-refractivity contribution is 5.97. The van der Waals surface area contributed by atoms with E-state index in [1.165, 1.54) is 17.5 Å². The van der Waals surface area contributed by atoms with E-state index in [1.54, 1.807) is 12.0 Å². The van der Waals surface area contributed by atoms with Crippen molar-refractivity contribution in [2.75, 3.05) is 25.6 Å². The number of anilines is 1. The Balaban J connectivity index is 1.62. The molecule has 23 heavy (non-hydrogen) atoms. The maximum Gasteiger partial charge on any atom is 0.229 e. The van der Waals surface area contributed by atoms with E-state index in [1.807, 2.05) is 13.0 Å². The van der Waals surface area contributed by atoms with Gasteiger partial charge >= 0.3 is 0 Å². The molecule has 2 atom stereocenters. The molecule has 1 aliphatic carbocycles. The number of nitrogens with one attached hydrogen (secondary N) is 1. The summed E-state index contributed by atoms with van der Waals surface area (Å²) in [7, 11) is 1.62. The fourth-order valence-electron chi connectivity index (χ4n) is 3.56. The van der Waals surface area contributed by atoms with Crippen molar-refractivity contribution in [1.82, 2.24) is 4.90 Å². The Morgan fingerprint density at radius 1 is 1.39 bits per heavy atom. The summed E-state index contributed by atoms with van der Waals surface area (Å²) in [6.07, 6.45) is 3.69. The van der Waals surface area contributed by atoms with Crippen molar-refractivity contribution >= 4 is 17.5 Å². The molecule has 0 unspecified atom stereocenters. The van der Waals surface area contributed by atoms with Crippen LogP contribution in [0.5, 0.6) is 0 Å². The predicted octanol–water partition coefficient (Wildman–Crippen LogP) is 2.00. The third-order valence-electron chi connectivity index (χ3n) is 4.84. The molecule has 2 aliphatic rings. The second-order valence-corrected chi connectivity index (χ2v) is 6.58. The first-order valence-corrected chi connectivity index (χ1v) is 8.29. The maximum atomic E-state index is 12.5. The average molecular weight is 316 g/mol. The van der Waals surface area contributed by atoms with Crippen molar-refractivity contribution in [3.63, 3.8) is 0 Å². The Morgan fingerprint density at radius 3 is 2.96 bits per heavy atom. The zero-order valence-electron chi connectivity index (χ0n) is 13.8. The summed E-state index contributed by atoms with van der Waals surface area (Å²) in [5.41, 5.74) is 3.56. The Labute approximate surface area is 137 Å². The summed E-state index contributed by atoms with van der Waals surface area (Å²) in [6.45, 7) is 2.91. The second kappa shape index (κ2) is 6.71. The fraction of sp³-hybridized carbons (Fsp3) is 0.556. The number of carbonyl (C=O) groups is 2. The van der Waals surface area contributed by atoms with Crippen molar-refractivity contribution in [2.24, 2.45) is 5.92 Å². The molecule has 0 radical (unpaired) electrons. The van der Waals surface area contributed by atoms with Crippen LogP contribution in [0.4, 0.5) is 5.69 Å². The lowest BCUT2D eigenvalue weighted by Gasteiger charge is -2.23. The summed E-state index contributed by atoms with van der Waals surface area (Å²) in [6, 6.07) is 6.14. The van der Waals surface area contributed by atoms with Gasteiger partial charge in [0.1, 0.15) is 0 Å². The third kappa shape index (κ3) is 3.39. The Kier molecular flexibility index (Phi) is 4.66. The lowest BCUT2D eigenvalue weighted by molar-refractivity contribution is -0.130. The first-order chi connectivity index (χ1) is 11.1. The van der Waals surface area contributed by atoms with Gasteiger partial charge in [0.25, 0.3) is 0 Å². The number of hydrogen-bond donors (Lipinski definition) is 1. The van der Waals surface area contributed by atoms with Gasteiger partial charge in [-0.3, -0.25) is 9.59 Å². The molecule has 0 spiro atoms. The molecular formula is C18H24N2O3. The monoisotopic (exact) mass is 316 g/mol. The van der Waals surface area contributed by atoms with Gasteiger partial charge in [0.05, 0.1) is 18.6 Å². The number of likely N-dealkylation sites (tertiary alicyclic amines) is 1. The lowest BCUT2D eigenvalue weighted by atomic mass is 10.1. The molecule has 1 heterocycles. The van der Waals surface area contributed by atoms with Gasteiger partial charge in [-0.2, -0.15) is 0 Å². The fourth-order valence-corrected chi connectivity index (χ4v) is 3.56. The largest absolute Gasteiger partial charge is 0.383 e. The molecule has 0 saturated carbocycles. The van der Waals surface area contributed by atoms with Gasteiger partial charge in [0.15, 0.2) is 0 Å². The van der Waals surface area contributed by atoms with E-state index in [2.05, 4.69) is 17.4 Å². The van der Waals surface area contributed by atoms with Gasteiger partial charge in [-0.05, 0) is 49.4 Å². The number of rotatable bonds is 5. The van der Waals surface area contributed by atoms with Crippen molar-refractivity contribution in [2.45, 2.75) is 38.6 Å². The van der Waals surface area contributed by atoms with Crippen LogP contribution in [0.25, 0.3) is 0 Å². The van der Waals surface area contributed by atoms with Crippen LogP contribution in [0.1, 0.15) is 30.9 Å². The summed E-state index contributed by atoms with van der Waals surface area (Å²) in [5, 5.41) is 2.98. The van der Waals surface area contributed by atoms with Crippen molar-refractivity contribution in [3.05, 3.63) is 29.3 Å². The average Bonchev–Trinajstić information content (AvgIpc) is 3.13. The Bertz CT molecular complexity index is 614. The lowest BCUT2D eigenvalue weighted by Crippen LogP contribution is -2.38. The van der Waals surface area contributed by atoms with Crippen LogP contribution < -0.4 is 5.32 Å². The molecule has 5 heteroatoms. The van der Waals surface area contributed by atoms with Crippen LogP contribution in [0.15, 0.2) is 18.2 Å². The minimum atomic E-state index is -0.282. The van der Waals surface area contributed by atoms with Crippen LogP contribution in [0.2, 0.25) is 0 Å². The van der Waals surface area contributed by atoms with Crippen LogP contribution in [0, 0.1) is 5.92 Å². The third-order valence-corrected chi connectivity index (χ3v) is 4.84. The van der Waals surface area contributed by atoms with Crippen LogP contribution in [-0.4, -0.2) is 43.0 Å². The number of ether oxygens (including phenoxy) is 1. The molecule has 1 fully saturated rings. The zero-order valence-corrected chi connectivity index (χ0v) is 13.8. The topological polar surface area (TPSA) is 58.6 Å². The number of nitrogens with zero attached hydrogens (tertiary/aromatic N) is 1. The van der Waals surface area contributed by atoms with Gasteiger partial charge < -0.3 is 15.0 Å². The number of amides is 2. The highest BCUT2D eigenvalue weighted by Gasteiger charge is 2.36. The number of benzene rings is 1. The molecule has 1 aromatic rings. The van der Waals surface area contributed by atoms with Crippen molar-refractivity contribution < 1.29 is 14.3 Å². The summed E-state index contributed by atoms with van der Waals surface area (Å²) in [4.78, 5) is 26.3. The van der Waals surface area contributed by atoms with E-state index in [0.29, 0.717) is 13.2 Å². The molecule has 0 aromatic heterocycles. The van der Waals surface area contributed by atoms with E-state index in [0.717, 1.165) is 18.5 Å². The Hall–Kier alpha value is -1.88. The molecular weight excluding hydrogens is 292 g/mol. The van der Waals surface area contributed by atoms with E-state index < -0.39 is 0 Å². The van der Waals surface area contributed by atoms with Crippen LogP contribution in [0.3, 0.4) is 0 Å². The zero-order chi connectivity index (χ0) is 16.4. The van der Waals surface area contributed by atoms with Gasteiger partial charge in [-0.15, -0.1) is 0 Å². The van der Waals surface area contributed by atoms with Crippen LogP contribution >= 0.6 is 0 Å². The van der Waals surface area contributed by atoms with Gasteiger partial charge in [-0.25, -0.2) is 0 Å². The number of hydrogen-bond acceptors (Lipinski definition) is 3. The van der Waals surface area contributed by atoms with Crippen LogP contribution in [-0.2, 0) is 27.2 Å². The molecule has 3 rings (SSSR count). The molecule has 124 valence electrons. The maximum absolute atomic E-state index is 12.5. The number of methoxy groups -OCH3 is 1. The minimum Gasteiger partial charge on any atom is -0.383 e.